The molecule has 0 aliphatic rings. The zero-order chi connectivity index (χ0) is 12.6. The molecule has 2 rings (SSSR count). The van der Waals surface area contributed by atoms with E-state index in [2.05, 4.69) is 18.8 Å². The van der Waals surface area contributed by atoms with Crippen LogP contribution in [0, 0.1) is 0 Å². The molecule has 0 atom stereocenters. The molecule has 0 fully saturated rings. The van der Waals surface area contributed by atoms with Crippen LogP contribution in [-0.2, 0) is 0 Å². The number of carboxylic acids is 1. The van der Waals surface area contributed by atoms with Crippen molar-refractivity contribution >= 4 is 16.9 Å². The normalized spacial score (nSPS) is 11.1. The van der Waals surface area contributed by atoms with Crippen LogP contribution in [0.4, 0.5) is 0 Å². The summed E-state index contributed by atoms with van der Waals surface area (Å²) in [6.07, 6.45) is 1.52. The summed E-state index contributed by atoms with van der Waals surface area (Å²) in [5, 5.41) is 9.79. The topological polar surface area (TPSA) is 62.3 Å². The minimum Gasteiger partial charge on any atom is -0.496 e. The number of H-pyrrole nitrogens is 1. The molecule has 2 aromatic rings. The van der Waals surface area contributed by atoms with Gasteiger partial charge in [-0.15, -0.1) is 0 Å². The average Bonchev–Trinajstić information content (AvgIpc) is 2.71. The van der Waals surface area contributed by atoms with Crippen LogP contribution in [0.1, 0.15) is 35.7 Å². The van der Waals surface area contributed by atoms with Crippen molar-refractivity contribution in [2.24, 2.45) is 0 Å². The standard InChI is InChI=1S/C13H15NO3/c1-7(2)8-4-5-10(17-3)11-9(13(15)16)6-14-12(8)11/h4-7,14H,1-3H3,(H,15,16). The number of carboxylic acid groups (broad SMARTS) is 1. The van der Waals surface area contributed by atoms with Crippen LogP contribution in [-0.4, -0.2) is 23.2 Å². The highest BCUT2D eigenvalue weighted by Crippen LogP contribution is 2.34. The van der Waals surface area contributed by atoms with Gasteiger partial charge in [-0.2, -0.15) is 0 Å². The Bertz CT molecular complexity index is 569. The Balaban J connectivity index is 2.82. The molecule has 0 aliphatic carbocycles. The largest absolute Gasteiger partial charge is 0.496 e. The van der Waals surface area contributed by atoms with E-state index in [1.807, 2.05) is 12.1 Å². The first kappa shape index (κ1) is 11.5. The number of hydrogen-bond donors (Lipinski definition) is 2. The van der Waals surface area contributed by atoms with E-state index >= 15 is 0 Å². The van der Waals surface area contributed by atoms with Gasteiger partial charge in [0.05, 0.1) is 23.6 Å². The van der Waals surface area contributed by atoms with Crippen molar-refractivity contribution in [3.8, 4) is 5.75 Å². The van der Waals surface area contributed by atoms with Crippen LogP contribution < -0.4 is 4.74 Å². The Hall–Kier alpha value is -1.97. The molecule has 0 spiro atoms. The maximum absolute atomic E-state index is 11.1. The third-order valence-corrected chi connectivity index (χ3v) is 2.90. The number of hydrogen-bond acceptors (Lipinski definition) is 2. The maximum atomic E-state index is 11.1. The molecular weight excluding hydrogens is 218 g/mol. The van der Waals surface area contributed by atoms with Crippen LogP contribution >= 0.6 is 0 Å². The first-order chi connectivity index (χ1) is 8.06. The number of aromatic carboxylic acids is 1. The number of aromatic nitrogens is 1. The van der Waals surface area contributed by atoms with Gasteiger partial charge in [-0.25, -0.2) is 4.79 Å². The van der Waals surface area contributed by atoms with Crippen LogP contribution in [0.3, 0.4) is 0 Å². The third kappa shape index (κ3) is 1.75. The van der Waals surface area contributed by atoms with Gasteiger partial charge in [0.1, 0.15) is 5.75 Å². The predicted octanol–water partition coefficient (Wildman–Crippen LogP) is 3.00. The van der Waals surface area contributed by atoms with Gasteiger partial charge in [0.2, 0.25) is 0 Å². The summed E-state index contributed by atoms with van der Waals surface area (Å²) >= 11 is 0. The van der Waals surface area contributed by atoms with E-state index in [1.54, 1.807) is 7.11 Å². The Morgan fingerprint density at radius 3 is 2.65 bits per heavy atom. The highest BCUT2D eigenvalue weighted by atomic mass is 16.5. The second-order valence-electron chi connectivity index (χ2n) is 4.27. The van der Waals surface area contributed by atoms with Gasteiger partial charge in [-0.1, -0.05) is 19.9 Å². The van der Waals surface area contributed by atoms with Crippen molar-refractivity contribution in [1.82, 2.24) is 4.98 Å². The summed E-state index contributed by atoms with van der Waals surface area (Å²) in [4.78, 5) is 14.2. The lowest BCUT2D eigenvalue weighted by Gasteiger charge is -2.10. The second-order valence-corrected chi connectivity index (χ2v) is 4.27. The monoisotopic (exact) mass is 233 g/mol. The molecule has 17 heavy (non-hydrogen) atoms. The quantitative estimate of drug-likeness (QED) is 0.856. The van der Waals surface area contributed by atoms with E-state index in [9.17, 15) is 4.79 Å². The van der Waals surface area contributed by atoms with E-state index < -0.39 is 5.97 Å². The number of fused-ring (bicyclic) bond motifs is 1. The van der Waals surface area contributed by atoms with Crippen molar-refractivity contribution < 1.29 is 14.6 Å². The Kier molecular flexibility index (Phi) is 2.79. The minimum absolute atomic E-state index is 0.249. The highest BCUT2D eigenvalue weighted by Gasteiger charge is 2.18. The summed E-state index contributed by atoms with van der Waals surface area (Å²) in [6.45, 7) is 4.14. The third-order valence-electron chi connectivity index (χ3n) is 2.90. The maximum Gasteiger partial charge on any atom is 0.338 e. The van der Waals surface area contributed by atoms with Gasteiger partial charge in [0.25, 0.3) is 0 Å². The van der Waals surface area contributed by atoms with E-state index in [0.29, 0.717) is 17.1 Å². The summed E-state index contributed by atoms with van der Waals surface area (Å²) in [5.74, 6) is -0.0396. The molecule has 0 bridgehead atoms. The number of methoxy groups -OCH3 is 1. The van der Waals surface area contributed by atoms with Crippen LogP contribution in [0.15, 0.2) is 18.3 Å². The van der Waals surface area contributed by atoms with Gasteiger partial charge >= 0.3 is 5.97 Å². The SMILES string of the molecule is COc1ccc(C(C)C)c2[nH]cc(C(=O)O)c12. The van der Waals surface area contributed by atoms with Gasteiger partial charge < -0.3 is 14.8 Å². The summed E-state index contributed by atoms with van der Waals surface area (Å²) in [6, 6.07) is 3.78. The Morgan fingerprint density at radius 2 is 2.12 bits per heavy atom. The number of benzene rings is 1. The van der Waals surface area contributed by atoms with Crippen LogP contribution in [0.25, 0.3) is 10.9 Å². The fourth-order valence-electron chi connectivity index (χ4n) is 2.06. The molecule has 0 unspecified atom stereocenters. The zero-order valence-electron chi connectivity index (χ0n) is 10.1. The van der Waals surface area contributed by atoms with Gasteiger partial charge in [0.15, 0.2) is 0 Å². The highest BCUT2D eigenvalue weighted by molar-refractivity contribution is 6.06. The second kappa shape index (κ2) is 4.13. The molecule has 90 valence electrons. The predicted molar refractivity (Wildman–Crippen MR) is 65.9 cm³/mol. The molecule has 4 heteroatoms. The lowest BCUT2D eigenvalue weighted by Crippen LogP contribution is -1.97. The average molecular weight is 233 g/mol. The van der Waals surface area contributed by atoms with Gasteiger partial charge in [-0.05, 0) is 17.5 Å². The molecule has 0 saturated heterocycles. The van der Waals surface area contributed by atoms with Gasteiger partial charge in [0, 0.05) is 6.20 Å². The Labute approximate surface area is 99.2 Å². The number of rotatable bonds is 3. The summed E-state index contributed by atoms with van der Waals surface area (Å²) in [5.41, 5.74) is 2.18. The molecule has 1 aromatic heterocycles. The van der Waals surface area contributed by atoms with E-state index in [-0.39, 0.29) is 5.56 Å². The summed E-state index contributed by atoms with van der Waals surface area (Å²) < 4.78 is 5.23. The van der Waals surface area contributed by atoms with E-state index in [4.69, 9.17) is 9.84 Å². The molecule has 0 amide bonds. The van der Waals surface area contributed by atoms with Gasteiger partial charge in [-0.3, -0.25) is 0 Å². The first-order valence-electron chi connectivity index (χ1n) is 5.47. The molecular formula is C13H15NO3. The molecule has 4 nitrogen and oxygen atoms in total. The number of nitrogens with one attached hydrogen (secondary N) is 1. The lowest BCUT2D eigenvalue weighted by molar-refractivity contribution is 0.0699. The number of carbonyl (C=O) groups is 1. The molecule has 2 N–H and O–H groups in total. The van der Waals surface area contributed by atoms with E-state index in [0.717, 1.165) is 11.1 Å². The van der Waals surface area contributed by atoms with Crippen LogP contribution in [0.2, 0.25) is 0 Å². The fourth-order valence-corrected chi connectivity index (χ4v) is 2.06. The van der Waals surface area contributed by atoms with E-state index in [1.165, 1.54) is 6.20 Å². The smallest absolute Gasteiger partial charge is 0.338 e. The first-order valence-corrected chi connectivity index (χ1v) is 5.47. The Morgan fingerprint density at radius 1 is 1.41 bits per heavy atom. The molecule has 0 aliphatic heterocycles. The number of aromatic amines is 1. The minimum atomic E-state index is -0.949. The molecule has 1 aromatic carbocycles. The van der Waals surface area contributed by atoms with Crippen LogP contribution in [0.5, 0.6) is 5.75 Å². The summed E-state index contributed by atoms with van der Waals surface area (Å²) in [7, 11) is 1.54. The zero-order valence-corrected chi connectivity index (χ0v) is 10.1. The molecule has 0 saturated carbocycles. The fraction of sp³-hybridized carbons (Fsp3) is 0.308. The van der Waals surface area contributed by atoms with Crippen molar-refractivity contribution in [2.75, 3.05) is 7.11 Å². The molecule has 0 radical (unpaired) electrons. The number of ether oxygens (including phenoxy) is 1. The lowest BCUT2D eigenvalue weighted by atomic mass is 9.99. The van der Waals surface area contributed by atoms with Crippen molar-refractivity contribution in [3.63, 3.8) is 0 Å². The van der Waals surface area contributed by atoms with Crippen molar-refractivity contribution in [3.05, 3.63) is 29.5 Å². The van der Waals surface area contributed by atoms with Crippen molar-refractivity contribution in [1.29, 1.82) is 0 Å². The van der Waals surface area contributed by atoms with Crippen molar-refractivity contribution in [2.45, 2.75) is 19.8 Å². The molecule has 1 heterocycles.